The van der Waals surface area contributed by atoms with E-state index in [9.17, 15) is 0 Å². The maximum Gasteiger partial charge on any atom is 0.202 e. The van der Waals surface area contributed by atoms with Gasteiger partial charge in [0, 0.05) is 56.4 Å². The van der Waals surface area contributed by atoms with Crippen LogP contribution < -0.4 is 10.2 Å². The van der Waals surface area contributed by atoms with Gasteiger partial charge in [-0.1, -0.05) is 19.9 Å². The van der Waals surface area contributed by atoms with Crippen molar-refractivity contribution in [2.45, 2.75) is 26.3 Å². The molecule has 2 aromatic heterocycles. The number of rotatable bonds is 5. The number of anilines is 2. The maximum atomic E-state index is 4.61. The Bertz CT molecular complexity index is 616. The quantitative estimate of drug-likeness (QED) is 0.907. The molecule has 0 amide bonds. The van der Waals surface area contributed by atoms with Crippen LogP contribution in [0, 0.1) is 0 Å². The number of aromatic nitrogens is 3. The van der Waals surface area contributed by atoms with Crippen LogP contribution in [0.1, 0.15) is 31.2 Å². The molecule has 0 aliphatic carbocycles. The van der Waals surface area contributed by atoms with Gasteiger partial charge in [0.25, 0.3) is 0 Å². The molecule has 3 rings (SSSR count). The lowest BCUT2D eigenvalue weighted by molar-refractivity contribution is 0.312. The van der Waals surface area contributed by atoms with Crippen molar-refractivity contribution >= 4 is 22.5 Å². The van der Waals surface area contributed by atoms with Crippen LogP contribution in [0.15, 0.2) is 18.3 Å². The first-order chi connectivity index (χ1) is 11.1. The predicted octanol–water partition coefficient (Wildman–Crippen LogP) is 2.42. The summed E-state index contributed by atoms with van der Waals surface area (Å²) in [5.74, 6) is 2.34. The van der Waals surface area contributed by atoms with Gasteiger partial charge in [-0.3, -0.25) is 0 Å². The molecule has 0 saturated carbocycles. The van der Waals surface area contributed by atoms with Gasteiger partial charge in [0.15, 0.2) is 0 Å². The molecule has 0 unspecified atom stereocenters. The highest BCUT2D eigenvalue weighted by molar-refractivity contribution is 7.09. The van der Waals surface area contributed by atoms with Crippen LogP contribution in [0.4, 0.5) is 10.9 Å². The fourth-order valence-corrected chi connectivity index (χ4v) is 3.17. The summed E-state index contributed by atoms with van der Waals surface area (Å²) in [6.45, 7) is 9.22. The summed E-state index contributed by atoms with van der Waals surface area (Å²) in [7, 11) is 2.16. The Morgan fingerprint density at radius 1 is 1.22 bits per heavy atom. The predicted molar refractivity (Wildman–Crippen MR) is 95.3 cm³/mol. The van der Waals surface area contributed by atoms with Crippen LogP contribution >= 0.6 is 11.5 Å². The number of nitrogens with one attached hydrogen (secondary N) is 1. The number of hydrogen-bond donors (Lipinski definition) is 1. The molecule has 23 heavy (non-hydrogen) atoms. The van der Waals surface area contributed by atoms with E-state index in [-0.39, 0.29) is 0 Å². The number of nitrogens with zero attached hydrogens (tertiary/aromatic N) is 5. The second-order valence-corrected chi connectivity index (χ2v) is 7.03. The molecule has 1 aliphatic heterocycles. The Hall–Kier alpha value is -1.73. The summed E-state index contributed by atoms with van der Waals surface area (Å²) >= 11 is 1.42. The van der Waals surface area contributed by atoms with Crippen molar-refractivity contribution in [1.82, 2.24) is 19.2 Å². The fraction of sp³-hybridized carbons (Fsp3) is 0.562. The highest BCUT2D eigenvalue weighted by Crippen LogP contribution is 2.18. The minimum atomic E-state index is 0.367. The second-order valence-electron chi connectivity index (χ2n) is 6.28. The van der Waals surface area contributed by atoms with Crippen molar-refractivity contribution in [1.29, 1.82) is 0 Å². The topological polar surface area (TPSA) is 57.2 Å². The largest absolute Gasteiger partial charge is 0.356 e. The zero-order valence-corrected chi connectivity index (χ0v) is 14.8. The first kappa shape index (κ1) is 16.1. The molecular formula is C16H24N6S. The summed E-state index contributed by atoms with van der Waals surface area (Å²) in [4.78, 5) is 13.8. The van der Waals surface area contributed by atoms with Crippen LogP contribution in [0.3, 0.4) is 0 Å². The van der Waals surface area contributed by atoms with Crippen molar-refractivity contribution in [3.8, 4) is 0 Å². The van der Waals surface area contributed by atoms with E-state index >= 15 is 0 Å². The van der Waals surface area contributed by atoms with Crippen molar-refractivity contribution in [3.63, 3.8) is 0 Å². The Morgan fingerprint density at radius 3 is 2.61 bits per heavy atom. The number of piperazine rings is 1. The zero-order valence-electron chi connectivity index (χ0n) is 14.0. The van der Waals surface area contributed by atoms with E-state index in [1.54, 1.807) is 0 Å². The van der Waals surface area contributed by atoms with Gasteiger partial charge >= 0.3 is 0 Å². The summed E-state index contributed by atoms with van der Waals surface area (Å²) < 4.78 is 4.35. The van der Waals surface area contributed by atoms with Crippen LogP contribution in [0.2, 0.25) is 0 Å². The summed E-state index contributed by atoms with van der Waals surface area (Å²) in [5.41, 5.74) is 1.16. The summed E-state index contributed by atoms with van der Waals surface area (Å²) in [5, 5.41) is 4.20. The van der Waals surface area contributed by atoms with Gasteiger partial charge in [0.2, 0.25) is 5.13 Å². The van der Waals surface area contributed by atoms with E-state index in [0.717, 1.165) is 55.1 Å². The smallest absolute Gasteiger partial charge is 0.202 e. The van der Waals surface area contributed by atoms with Crippen molar-refractivity contribution in [3.05, 3.63) is 29.7 Å². The standard InChI is InChI=1S/C16H24N6S/c1-12(2)15-19-16(23-20-15)18-11-13-4-5-14(17-10-13)22-8-6-21(3)7-9-22/h4-5,10,12H,6-9,11H2,1-3H3,(H,18,19,20). The average molecular weight is 332 g/mol. The molecule has 0 aromatic carbocycles. The first-order valence-electron chi connectivity index (χ1n) is 8.07. The molecule has 0 radical (unpaired) electrons. The third-order valence-corrected chi connectivity index (χ3v) is 4.73. The van der Waals surface area contributed by atoms with Gasteiger partial charge in [0.1, 0.15) is 11.6 Å². The molecular weight excluding hydrogens is 308 g/mol. The van der Waals surface area contributed by atoms with Crippen LogP contribution in [-0.4, -0.2) is 52.5 Å². The maximum absolute atomic E-state index is 4.61. The van der Waals surface area contributed by atoms with Gasteiger partial charge in [0.05, 0.1) is 0 Å². The van der Waals surface area contributed by atoms with Crippen molar-refractivity contribution < 1.29 is 0 Å². The summed E-state index contributed by atoms with van der Waals surface area (Å²) in [6, 6.07) is 4.25. The van der Waals surface area contributed by atoms with Gasteiger partial charge in [-0.25, -0.2) is 9.97 Å². The summed E-state index contributed by atoms with van der Waals surface area (Å²) in [6.07, 6.45) is 1.95. The second kappa shape index (κ2) is 7.23. The molecule has 1 aliphatic rings. The van der Waals surface area contributed by atoms with Gasteiger partial charge < -0.3 is 15.1 Å². The molecule has 0 spiro atoms. The molecule has 1 N–H and O–H groups in total. The van der Waals surface area contributed by atoms with E-state index in [2.05, 4.69) is 62.5 Å². The first-order valence-corrected chi connectivity index (χ1v) is 8.85. The molecule has 0 bridgehead atoms. The van der Waals surface area contributed by atoms with Gasteiger partial charge in [-0.05, 0) is 18.7 Å². The number of likely N-dealkylation sites (N-methyl/N-ethyl adjacent to an activating group) is 1. The molecule has 6 nitrogen and oxygen atoms in total. The lowest BCUT2D eigenvalue weighted by Crippen LogP contribution is -2.44. The average Bonchev–Trinajstić information content (AvgIpc) is 3.04. The third-order valence-electron chi connectivity index (χ3n) is 4.04. The van der Waals surface area contributed by atoms with E-state index in [0.29, 0.717) is 5.92 Å². The van der Waals surface area contributed by atoms with Crippen LogP contribution in [0.25, 0.3) is 0 Å². The fourth-order valence-electron chi connectivity index (χ4n) is 2.46. The van der Waals surface area contributed by atoms with E-state index in [1.165, 1.54) is 11.5 Å². The Morgan fingerprint density at radius 2 is 2.00 bits per heavy atom. The Balaban J connectivity index is 1.54. The lowest BCUT2D eigenvalue weighted by Gasteiger charge is -2.33. The molecule has 2 aromatic rings. The lowest BCUT2D eigenvalue weighted by atomic mass is 10.2. The normalized spacial score (nSPS) is 16.1. The molecule has 3 heterocycles. The third kappa shape index (κ3) is 4.17. The molecule has 0 atom stereocenters. The Labute approximate surface area is 141 Å². The number of pyridine rings is 1. The molecule has 124 valence electrons. The number of hydrogen-bond acceptors (Lipinski definition) is 7. The van der Waals surface area contributed by atoms with E-state index < -0.39 is 0 Å². The molecule has 1 saturated heterocycles. The van der Waals surface area contributed by atoms with Crippen LogP contribution in [-0.2, 0) is 6.54 Å². The van der Waals surface area contributed by atoms with Gasteiger partial charge in [-0.2, -0.15) is 4.37 Å². The molecule has 1 fully saturated rings. The minimum Gasteiger partial charge on any atom is -0.356 e. The zero-order chi connectivity index (χ0) is 16.2. The monoisotopic (exact) mass is 332 g/mol. The SMILES string of the molecule is CC(C)c1nsc(NCc2ccc(N3CCN(C)CC3)nc2)n1. The molecule has 7 heteroatoms. The van der Waals surface area contributed by atoms with Gasteiger partial charge in [-0.15, -0.1) is 0 Å². The van der Waals surface area contributed by atoms with E-state index in [4.69, 9.17) is 0 Å². The van der Waals surface area contributed by atoms with Crippen LogP contribution in [0.5, 0.6) is 0 Å². The van der Waals surface area contributed by atoms with E-state index in [1.807, 2.05) is 6.20 Å². The van der Waals surface area contributed by atoms with Crippen molar-refractivity contribution in [2.75, 3.05) is 43.4 Å². The Kier molecular flexibility index (Phi) is 5.07. The van der Waals surface area contributed by atoms with Crippen molar-refractivity contribution in [2.24, 2.45) is 0 Å². The highest BCUT2D eigenvalue weighted by Gasteiger charge is 2.15. The minimum absolute atomic E-state index is 0.367. The highest BCUT2D eigenvalue weighted by atomic mass is 32.1.